The number of hydrogen-bond donors (Lipinski definition) is 2. The molecular weight excluding hydrogens is 436 g/mol. The van der Waals surface area contributed by atoms with E-state index in [-0.39, 0.29) is 0 Å². The van der Waals surface area contributed by atoms with Gasteiger partial charge in [-0.25, -0.2) is 4.98 Å². The van der Waals surface area contributed by atoms with E-state index in [1.807, 2.05) is 54.6 Å². The van der Waals surface area contributed by atoms with Gasteiger partial charge < -0.3 is 20.3 Å². The lowest BCUT2D eigenvalue weighted by atomic mass is 9.88. The molecule has 0 amide bonds. The van der Waals surface area contributed by atoms with E-state index in [1.165, 1.54) is 0 Å². The van der Waals surface area contributed by atoms with Crippen LogP contribution in [0.25, 0.3) is 10.9 Å². The van der Waals surface area contributed by atoms with Gasteiger partial charge in [0.15, 0.2) is 0 Å². The summed E-state index contributed by atoms with van der Waals surface area (Å²) >= 11 is 6.10. The molecule has 0 aliphatic heterocycles. The quantitative estimate of drug-likeness (QED) is 0.369. The molecule has 168 valence electrons. The molecule has 0 radical (unpaired) electrons. The molecule has 0 saturated heterocycles. The summed E-state index contributed by atoms with van der Waals surface area (Å²) in [5.74, 6) is 2.04. The molecule has 5 rings (SSSR count). The van der Waals surface area contributed by atoms with Gasteiger partial charge in [-0.1, -0.05) is 11.6 Å². The second kappa shape index (κ2) is 9.21. The molecular formula is C25H25ClN6O. The van der Waals surface area contributed by atoms with E-state index >= 15 is 0 Å². The van der Waals surface area contributed by atoms with Crippen LogP contribution in [0.4, 0.5) is 23.1 Å². The minimum absolute atomic E-state index is 0.294. The number of hydrogen-bond acceptors (Lipinski definition) is 7. The summed E-state index contributed by atoms with van der Waals surface area (Å²) in [6, 6.07) is 17.9. The van der Waals surface area contributed by atoms with Crippen molar-refractivity contribution < 1.29 is 4.74 Å². The first kappa shape index (κ1) is 21.4. The molecule has 33 heavy (non-hydrogen) atoms. The van der Waals surface area contributed by atoms with Crippen molar-refractivity contribution in [2.45, 2.75) is 25.0 Å². The third-order valence-corrected chi connectivity index (χ3v) is 6.02. The third-order valence-electron chi connectivity index (χ3n) is 5.78. The fraction of sp³-hybridized carbons (Fsp3) is 0.240. The van der Waals surface area contributed by atoms with Crippen molar-refractivity contribution in [1.29, 1.82) is 0 Å². The van der Waals surface area contributed by atoms with Crippen LogP contribution in [-0.2, 0) is 0 Å². The minimum Gasteiger partial charge on any atom is -0.490 e. The van der Waals surface area contributed by atoms with Gasteiger partial charge in [-0.05, 0) is 81.5 Å². The van der Waals surface area contributed by atoms with Gasteiger partial charge in [-0.3, -0.25) is 4.98 Å². The Balaban J connectivity index is 1.21. The highest BCUT2D eigenvalue weighted by molar-refractivity contribution is 6.31. The number of pyridine rings is 1. The second-order valence-electron chi connectivity index (χ2n) is 8.43. The molecule has 0 bridgehead atoms. The van der Waals surface area contributed by atoms with E-state index < -0.39 is 0 Å². The Bertz CT molecular complexity index is 1260. The van der Waals surface area contributed by atoms with Gasteiger partial charge in [-0.15, -0.1) is 0 Å². The van der Waals surface area contributed by atoms with Crippen molar-refractivity contribution in [3.05, 3.63) is 72.0 Å². The zero-order chi connectivity index (χ0) is 22.8. The summed E-state index contributed by atoms with van der Waals surface area (Å²) < 4.78 is 6.05. The lowest BCUT2D eigenvalue weighted by molar-refractivity contribution is 0.0401. The molecule has 2 aromatic carbocycles. The number of fused-ring (bicyclic) bond motifs is 1. The summed E-state index contributed by atoms with van der Waals surface area (Å²) in [5.41, 5.74) is 2.60. The molecule has 4 aromatic rings. The summed E-state index contributed by atoms with van der Waals surface area (Å²) in [4.78, 5) is 15.6. The molecule has 0 unspecified atom stereocenters. The van der Waals surface area contributed by atoms with Gasteiger partial charge in [-0.2, -0.15) is 4.98 Å². The van der Waals surface area contributed by atoms with Crippen molar-refractivity contribution in [2.24, 2.45) is 0 Å². The highest BCUT2D eigenvalue weighted by Crippen LogP contribution is 2.29. The van der Waals surface area contributed by atoms with E-state index in [4.69, 9.17) is 16.3 Å². The van der Waals surface area contributed by atoms with Crippen LogP contribution < -0.4 is 15.4 Å². The van der Waals surface area contributed by atoms with Crippen molar-refractivity contribution in [2.75, 3.05) is 24.7 Å². The zero-order valence-corrected chi connectivity index (χ0v) is 19.3. The maximum absolute atomic E-state index is 6.10. The zero-order valence-electron chi connectivity index (χ0n) is 18.5. The average Bonchev–Trinajstić information content (AvgIpc) is 2.77. The summed E-state index contributed by atoms with van der Waals surface area (Å²) in [6.07, 6.45) is 5.91. The lowest BCUT2D eigenvalue weighted by Crippen LogP contribution is -2.46. The first-order valence-corrected chi connectivity index (χ1v) is 11.3. The summed E-state index contributed by atoms with van der Waals surface area (Å²) in [6.45, 7) is 0. The second-order valence-corrected chi connectivity index (χ2v) is 8.87. The lowest BCUT2D eigenvalue weighted by Gasteiger charge is -2.39. The van der Waals surface area contributed by atoms with Crippen LogP contribution in [-0.4, -0.2) is 46.1 Å². The molecule has 2 heterocycles. The number of ether oxygens (including phenoxy) is 1. The summed E-state index contributed by atoms with van der Waals surface area (Å²) in [5, 5.41) is 8.15. The Hall–Kier alpha value is -3.42. The molecule has 1 saturated carbocycles. The average molecular weight is 461 g/mol. The Morgan fingerprint density at radius 1 is 0.939 bits per heavy atom. The van der Waals surface area contributed by atoms with E-state index in [0.717, 1.165) is 40.9 Å². The van der Waals surface area contributed by atoms with Crippen LogP contribution in [0, 0.1) is 0 Å². The van der Waals surface area contributed by atoms with Gasteiger partial charge >= 0.3 is 0 Å². The fourth-order valence-corrected chi connectivity index (χ4v) is 3.98. The van der Waals surface area contributed by atoms with E-state index in [2.05, 4.69) is 44.6 Å². The number of nitrogens with one attached hydrogen (secondary N) is 2. The molecule has 7 nitrogen and oxygen atoms in total. The van der Waals surface area contributed by atoms with Crippen molar-refractivity contribution in [3.8, 4) is 5.75 Å². The maximum Gasteiger partial charge on any atom is 0.229 e. The standard InChI is InChI=1S/C25H25ClN6O/c1-32(2)20-13-22(14-20)33-21-6-4-18(5-7-21)30-25-27-10-9-24(31-25)29-19-12-16-11-17(26)3-8-23(16)28-15-19/h3-12,15,20,22H,13-14H2,1-2H3,(H2,27,29,30,31). The molecule has 1 fully saturated rings. The molecule has 2 N–H and O–H groups in total. The highest BCUT2D eigenvalue weighted by atomic mass is 35.5. The first-order chi connectivity index (χ1) is 16.0. The molecule has 2 aromatic heterocycles. The van der Waals surface area contributed by atoms with Gasteiger partial charge in [0.25, 0.3) is 0 Å². The predicted molar refractivity (Wildman–Crippen MR) is 133 cm³/mol. The smallest absolute Gasteiger partial charge is 0.229 e. The maximum atomic E-state index is 6.10. The molecule has 1 aliphatic carbocycles. The number of nitrogens with zero attached hydrogens (tertiary/aromatic N) is 4. The Kier molecular flexibility index (Phi) is 5.98. The van der Waals surface area contributed by atoms with Gasteiger partial charge in [0.2, 0.25) is 5.95 Å². The normalized spacial score (nSPS) is 17.6. The number of benzene rings is 2. The largest absolute Gasteiger partial charge is 0.490 e. The highest BCUT2D eigenvalue weighted by Gasteiger charge is 2.32. The van der Waals surface area contributed by atoms with Crippen molar-refractivity contribution in [3.63, 3.8) is 0 Å². The predicted octanol–water partition coefficient (Wildman–Crippen LogP) is 5.64. The Labute approximate surface area is 197 Å². The SMILES string of the molecule is CN(C)C1CC(Oc2ccc(Nc3nccc(Nc4cnc5ccc(Cl)cc5c4)n3)cc2)C1. The molecule has 1 aliphatic rings. The third kappa shape index (κ3) is 5.16. The first-order valence-electron chi connectivity index (χ1n) is 10.9. The van der Waals surface area contributed by atoms with E-state index in [1.54, 1.807) is 12.4 Å². The Morgan fingerprint density at radius 3 is 2.55 bits per heavy atom. The molecule has 0 atom stereocenters. The topological polar surface area (TPSA) is 75.2 Å². The van der Waals surface area contributed by atoms with E-state index in [9.17, 15) is 0 Å². The van der Waals surface area contributed by atoms with Gasteiger partial charge in [0.1, 0.15) is 17.7 Å². The number of halogens is 1. The van der Waals surface area contributed by atoms with Crippen LogP contribution >= 0.6 is 11.6 Å². The number of aromatic nitrogens is 3. The van der Waals surface area contributed by atoms with Gasteiger partial charge in [0, 0.05) is 28.3 Å². The molecule has 0 spiro atoms. The van der Waals surface area contributed by atoms with Crippen LogP contribution in [0.15, 0.2) is 67.0 Å². The number of anilines is 4. The van der Waals surface area contributed by atoms with Crippen molar-refractivity contribution >= 4 is 45.6 Å². The minimum atomic E-state index is 0.294. The summed E-state index contributed by atoms with van der Waals surface area (Å²) in [7, 11) is 4.23. The fourth-order valence-electron chi connectivity index (χ4n) is 3.80. The van der Waals surface area contributed by atoms with Crippen LogP contribution in [0.2, 0.25) is 5.02 Å². The van der Waals surface area contributed by atoms with Gasteiger partial charge in [0.05, 0.1) is 17.4 Å². The number of rotatable bonds is 7. The van der Waals surface area contributed by atoms with Crippen LogP contribution in [0.1, 0.15) is 12.8 Å². The van der Waals surface area contributed by atoms with E-state index in [0.29, 0.717) is 28.9 Å². The molecule has 8 heteroatoms. The Morgan fingerprint density at radius 2 is 1.76 bits per heavy atom. The van der Waals surface area contributed by atoms with Crippen LogP contribution in [0.5, 0.6) is 5.75 Å². The monoisotopic (exact) mass is 460 g/mol. The van der Waals surface area contributed by atoms with Crippen molar-refractivity contribution in [1.82, 2.24) is 19.9 Å². The van der Waals surface area contributed by atoms with Crippen LogP contribution in [0.3, 0.4) is 0 Å².